The van der Waals surface area contributed by atoms with E-state index in [0.717, 1.165) is 31.6 Å². The Labute approximate surface area is 131 Å². The van der Waals surface area contributed by atoms with Crippen molar-refractivity contribution in [3.05, 3.63) is 17.5 Å². The largest absolute Gasteiger partial charge is 0.378 e. The lowest BCUT2D eigenvalue weighted by Crippen LogP contribution is -2.39. The molecular weight excluding hydrogens is 280 g/mol. The third-order valence-electron chi connectivity index (χ3n) is 4.31. The van der Waals surface area contributed by atoms with E-state index in [4.69, 9.17) is 4.74 Å². The van der Waals surface area contributed by atoms with E-state index in [2.05, 4.69) is 20.2 Å². The molecule has 1 amide bonds. The summed E-state index contributed by atoms with van der Waals surface area (Å²) >= 11 is 0. The first-order chi connectivity index (χ1) is 10.7. The summed E-state index contributed by atoms with van der Waals surface area (Å²) in [6, 6.07) is 2.06. The summed E-state index contributed by atoms with van der Waals surface area (Å²) in [6.07, 6.45) is 5.83. The number of amides is 1. The first-order valence-electron chi connectivity index (χ1n) is 8.21. The number of hydrogen-bond donors (Lipinski definition) is 1. The van der Waals surface area contributed by atoms with Crippen LogP contribution in [0.3, 0.4) is 0 Å². The van der Waals surface area contributed by atoms with Gasteiger partial charge in [-0.3, -0.25) is 4.79 Å². The highest BCUT2D eigenvalue weighted by atomic mass is 16.5. The van der Waals surface area contributed by atoms with E-state index in [-0.39, 0.29) is 5.91 Å². The Morgan fingerprint density at radius 1 is 1.23 bits per heavy atom. The van der Waals surface area contributed by atoms with Crippen LogP contribution in [0.5, 0.6) is 0 Å². The molecule has 6 nitrogen and oxygen atoms in total. The molecule has 2 heterocycles. The maximum Gasteiger partial charge on any atom is 0.270 e. The minimum Gasteiger partial charge on any atom is -0.378 e. The van der Waals surface area contributed by atoms with Gasteiger partial charge in [-0.25, -0.2) is 9.97 Å². The minimum atomic E-state index is -0.0769. The van der Waals surface area contributed by atoms with Crippen molar-refractivity contribution >= 4 is 11.9 Å². The maximum absolute atomic E-state index is 12.5. The highest BCUT2D eigenvalue weighted by molar-refractivity contribution is 5.92. The Morgan fingerprint density at radius 3 is 2.68 bits per heavy atom. The van der Waals surface area contributed by atoms with Crippen LogP contribution in [-0.2, 0) is 4.74 Å². The third kappa shape index (κ3) is 3.74. The molecule has 0 spiro atoms. The Morgan fingerprint density at radius 2 is 1.95 bits per heavy atom. The van der Waals surface area contributed by atoms with Gasteiger partial charge in [-0.2, -0.15) is 0 Å². The molecule has 22 heavy (non-hydrogen) atoms. The van der Waals surface area contributed by atoms with Gasteiger partial charge in [-0.05, 0) is 25.8 Å². The van der Waals surface area contributed by atoms with Gasteiger partial charge in [0.05, 0.1) is 13.2 Å². The second kappa shape index (κ2) is 7.05. The Kier molecular flexibility index (Phi) is 4.87. The van der Waals surface area contributed by atoms with Crippen LogP contribution in [0.4, 0.5) is 5.95 Å². The monoisotopic (exact) mass is 304 g/mol. The zero-order chi connectivity index (χ0) is 15.4. The van der Waals surface area contributed by atoms with Gasteiger partial charge < -0.3 is 15.0 Å². The number of anilines is 1. The fraction of sp³-hybridized carbons (Fsp3) is 0.688. The summed E-state index contributed by atoms with van der Waals surface area (Å²) in [5.41, 5.74) is 1.30. The fourth-order valence-corrected chi connectivity index (χ4v) is 3.08. The van der Waals surface area contributed by atoms with Crippen LogP contribution in [0.1, 0.15) is 48.3 Å². The summed E-state index contributed by atoms with van der Waals surface area (Å²) in [6.45, 7) is 4.81. The molecule has 1 N–H and O–H groups in total. The van der Waals surface area contributed by atoms with Crippen molar-refractivity contribution in [1.82, 2.24) is 15.3 Å². The number of ether oxygens (including phenoxy) is 1. The molecule has 0 bridgehead atoms. The lowest BCUT2D eigenvalue weighted by molar-refractivity contribution is 0.0922. The number of hydrogen-bond acceptors (Lipinski definition) is 5. The highest BCUT2D eigenvalue weighted by Crippen LogP contribution is 2.18. The molecule has 6 heteroatoms. The van der Waals surface area contributed by atoms with Crippen LogP contribution >= 0.6 is 0 Å². The fourth-order valence-electron chi connectivity index (χ4n) is 3.08. The van der Waals surface area contributed by atoms with Crippen molar-refractivity contribution in [1.29, 1.82) is 0 Å². The quantitative estimate of drug-likeness (QED) is 0.920. The van der Waals surface area contributed by atoms with E-state index >= 15 is 0 Å². The summed E-state index contributed by atoms with van der Waals surface area (Å²) in [5.74, 6) is 0.559. The van der Waals surface area contributed by atoms with Crippen LogP contribution in [0.15, 0.2) is 6.07 Å². The smallest absolute Gasteiger partial charge is 0.270 e. The van der Waals surface area contributed by atoms with Gasteiger partial charge in [0.1, 0.15) is 5.69 Å². The molecule has 0 aromatic carbocycles. The van der Waals surface area contributed by atoms with Gasteiger partial charge >= 0.3 is 0 Å². The molecule has 0 atom stereocenters. The van der Waals surface area contributed by atoms with E-state index in [9.17, 15) is 4.79 Å². The van der Waals surface area contributed by atoms with Crippen molar-refractivity contribution in [2.75, 3.05) is 31.2 Å². The number of nitrogens with zero attached hydrogens (tertiary/aromatic N) is 3. The highest BCUT2D eigenvalue weighted by Gasteiger charge is 2.20. The van der Waals surface area contributed by atoms with Crippen LogP contribution in [0, 0.1) is 6.92 Å². The number of carbonyl (C=O) groups is 1. The summed E-state index contributed by atoms with van der Waals surface area (Å²) < 4.78 is 5.35. The molecule has 120 valence electrons. The lowest BCUT2D eigenvalue weighted by Gasteiger charge is -2.27. The standard InChI is InChI=1S/C16H24N4O2/c1-12-11-14(15(21)18-13-5-3-2-4-6-13)19-16(17-12)20-7-9-22-10-8-20/h11,13H,2-10H2,1H3,(H,18,21). The molecule has 0 unspecified atom stereocenters. The molecule has 1 aromatic rings. The van der Waals surface area contributed by atoms with E-state index in [1.165, 1.54) is 19.3 Å². The molecule has 2 fully saturated rings. The van der Waals surface area contributed by atoms with E-state index in [1.54, 1.807) is 6.07 Å². The molecule has 1 saturated heterocycles. The number of carbonyl (C=O) groups excluding carboxylic acids is 1. The topological polar surface area (TPSA) is 67.4 Å². The normalized spacial score (nSPS) is 20.0. The second-order valence-corrected chi connectivity index (χ2v) is 6.10. The van der Waals surface area contributed by atoms with E-state index in [1.807, 2.05) is 6.92 Å². The Hall–Kier alpha value is -1.69. The molecule has 0 radical (unpaired) electrons. The van der Waals surface area contributed by atoms with Crippen LogP contribution in [0.2, 0.25) is 0 Å². The summed E-state index contributed by atoms with van der Waals surface area (Å²) in [7, 11) is 0. The molecule has 3 rings (SSSR count). The van der Waals surface area contributed by atoms with Crippen molar-refractivity contribution in [3.63, 3.8) is 0 Å². The van der Waals surface area contributed by atoms with Crippen LogP contribution in [-0.4, -0.2) is 48.2 Å². The molecule has 2 aliphatic rings. The lowest BCUT2D eigenvalue weighted by atomic mass is 9.95. The zero-order valence-electron chi connectivity index (χ0n) is 13.2. The van der Waals surface area contributed by atoms with Gasteiger partial charge in [0.25, 0.3) is 5.91 Å². The minimum absolute atomic E-state index is 0.0769. The van der Waals surface area contributed by atoms with Gasteiger partial charge in [-0.15, -0.1) is 0 Å². The SMILES string of the molecule is Cc1cc(C(=O)NC2CCCCC2)nc(N2CCOCC2)n1. The summed E-state index contributed by atoms with van der Waals surface area (Å²) in [5, 5.41) is 3.12. The van der Waals surface area contributed by atoms with Crippen molar-refractivity contribution in [3.8, 4) is 0 Å². The summed E-state index contributed by atoms with van der Waals surface area (Å²) in [4.78, 5) is 23.5. The molecular formula is C16H24N4O2. The predicted octanol–water partition coefficient (Wildman–Crippen LogP) is 1.68. The molecule has 1 aliphatic heterocycles. The van der Waals surface area contributed by atoms with Crippen LogP contribution < -0.4 is 10.2 Å². The Bertz CT molecular complexity index is 523. The number of morpholine rings is 1. The van der Waals surface area contributed by atoms with Crippen molar-refractivity contribution < 1.29 is 9.53 Å². The van der Waals surface area contributed by atoms with Gasteiger partial charge in [0.2, 0.25) is 5.95 Å². The number of nitrogens with one attached hydrogen (secondary N) is 1. The number of rotatable bonds is 3. The van der Waals surface area contributed by atoms with E-state index < -0.39 is 0 Å². The average Bonchev–Trinajstić information content (AvgIpc) is 2.56. The molecule has 1 aliphatic carbocycles. The van der Waals surface area contributed by atoms with Crippen LogP contribution in [0.25, 0.3) is 0 Å². The molecule has 1 saturated carbocycles. The van der Waals surface area contributed by atoms with E-state index in [0.29, 0.717) is 30.9 Å². The van der Waals surface area contributed by atoms with Gasteiger partial charge in [0, 0.05) is 24.8 Å². The Balaban J connectivity index is 1.71. The maximum atomic E-state index is 12.5. The van der Waals surface area contributed by atoms with Crippen molar-refractivity contribution in [2.24, 2.45) is 0 Å². The third-order valence-corrected chi connectivity index (χ3v) is 4.31. The number of aryl methyl sites for hydroxylation is 1. The number of aromatic nitrogens is 2. The van der Waals surface area contributed by atoms with Crippen molar-refractivity contribution in [2.45, 2.75) is 45.1 Å². The second-order valence-electron chi connectivity index (χ2n) is 6.10. The predicted molar refractivity (Wildman–Crippen MR) is 84.1 cm³/mol. The van der Waals surface area contributed by atoms with Gasteiger partial charge in [0.15, 0.2) is 0 Å². The first-order valence-corrected chi connectivity index (χ1v) is 8.21. The average molecular weight is 304 g/mol. The zero-order valence-corrected chi connectivity index (χ0v) is 13.2. The first kappa shape index (κ1) is 15.2. The van der Waals surface area contributed by atoms with Gasteiger partial charge in [-0.1, -0.05) is 19.3 Å². The molecule has 1 aromatic heterocycles.